The van der Waals surface area contributed by atoms with Crippen LogP contribution in [0.1, 0.15) is 12.5 Å². The third kappa shape index (κ3) is 6.28. The molecule has 0 fully saturated rings. The first-order chi connectivity index (χ1) is 7.87. The van der Waals surface area contributed by atoms with E-state index in [-0.39, 0.29) is 17.5 Å². The quantitative estimate of drug-likeness (QED) is 0.796. The van der Waals surface area contributed by atoms with Crippen molar-refractivity contribution in [2.24, 2.45) is 0 Å². The molecule has 1 atom stereocenters. The Morgan fingerprint density at radius 1 is 1.29 bits per heavy atom. The Kier molecular flexibility index (Phi) is 4.96. The van der Waals surface area contributed by atoms with Gasteiger partial charge in [0.2, 0.25) is 0 Å². The minimum Gasteiger partial charge on any atom is -0.508 e. The summed E-state index contributed by atoms with van der Waals surface area (Å²) in [6.45, 7) is 2.48. The molecular weight excluding hydrogens is 238 g/mol. The molecule has 2 N–H and O–H groups in total. The largest absolute Gasteiger partial charge is 0.508 e. The number of phenols is 1. The second-order valence-corrected chi connectivity index (χ2v) is 6.62. The number of benzene rings is 1. The second-order valence-electron chi connectivity index (χ2n) is 4.36. The van der Waals surface area contributed by atoms with Crippen LogP contribution < -0.4 is 5.32 Å². The molecule has 17 heavy (non-hydrogen) atoms. The summed E-state index contributed by atoms with van der Waals surface area (Å²) >= 11 is 0. The van der Waals surface area contributed by atoms with Gasteiger partial charge in [-0.25, -0.2) is 8.42 Å². The van der Waals surface area contributed by atoms with Crippen LogP contribution in [0.25, 0.3) is 0 Å². The van der Waals surface area contributed by atoms with Gasteiger partial charge in [0.25, 0.3) is 0 Å². The molecule has 0 spiro atoms. The van der Waals surface area contributed by atoms with Crippen LogP contribution in [0.3, 0.4) is 0 Å². The highest BCUT2D eigenvalue weighted by atomic mass is 32.2. The number of nitrogens with one attached hydrogen (secondary N) is 1. The molecule has 0 heterocycles. The summed E-state index contributed by atoms with van der Waals surface area (Å²) in [7, 11) is -2.89. The maximum absolute atomic E-state index is 10.9. The van der Waals surface area contributed by atoms with E-state index in [9.17, 15) is 8.42 Å². The molecule has 0 bridgehead atoms. The van der Waals surface area contributed by atoms with Crippen molar-refractivity contribution in [2.75, 3.05) is 18.6 Å². The first-order valence-electron chi connectivity index (χ1n) is 5.56. The maximum Gasteiger partial charge on any atom is 0.148 e. The normalized spacial score (nSPS) is 13.5. The fourth-order valence-corrected chi connectivity index (χ4v) is 2.04. The highest BCUT2D eigenvalue weighted by molar-refractivity contribution is 7.90. The zero-order valence-corrected chi connectivity index (χ0v) is 11.0. The molecule has 0 aliphatic rings. The Labute approximate surface area is 103 Å². The molecule has 0 aliphatic carbocycles. The number of hydrogen-bond acceptors (Lipinski definition) is 4. The van der Waals surface area contributed by atoms with E-state index in [0.29, 0.717) is 6.54 Å². The first-order valence-corrected chi connectivity index (χ1v) is 7.62. The SMILES string of the molecule is CC(Cc1ccc(O)cc1)NCCS(C)(=O)=O. The molecule has 0 amide bonds. The van der Waals surface area contributed by atoms with E-state index < -0.39 is 9.84 Å². The van der Waals surface area contributed by atoms with Crippen molar-refractivity contribution in [3.8, 4) is 5.75 Å². The van der Waals surface area contributed by atoms with Crippen LogP contribution in [-0.4, -0.2) is 38.1 Å². The van der Waals surface area contributed by atoms with Crippen LogP contribution in [0.5, 0.6) is 5.75 Å². The number of hydrogen-bond donors (Lipinski definition) is 2. The number of rotatable bonds is 6. The fourth-order valence-electron chi connectivity index (χ4n) is 1.55. The minimum atomic E-state index is -2.89. The summed E-state index contributed by atoms with van der Waals surface area (Å²) in [4.78, 5) is 0. The fraction of sp³-hybridized carbons (Fsp3) is 0.500. The molecule has 1 unspecified atom stereocenters. The molecule has 0 radical (unpaired) electrons. The van der Waals surface area contributed by atoms with Crippen LogP contribution in [-0.2, 0) is 16.3 Å². The van der Waals surface area contributed by atoms with Gasteiger partial charge >= 0.3 is 0 Å². The van der Waals surface area contributed by atoms with E-state index in [2.05, 4.69) is 5.32 Å². The molecule has 0 saturated heterocycles. The lowest BCUT2D eigenvalue weighted by atomic mass is 10.1. The van der Waals surface area contributed by atoms with Crippen LogP contribution in [0.4, 0.5) is 0 Å². The molecule has 1 rings (SSSR count). The van der Waals surface area contributed by atoms with Crippen molar-refractivity contribution in [1.29, 1.82) is 0 Å². The van der Waals surface area contributed by atoms with Gasteiger partial charge in [-0.1, -0.05) is 12.1 Å². The lowest BCUT2D eigenvalue weighted by Crippen LogP contribution is -2.32. The smallest absolute Gasteiger partial charge is 0.148 e. The number of sulfone groups is 1. The lowest BCUT2D eigenvalue weighted by molar-refractivity contribution is 0.474. The predicted octanol–water partition coefficient (Wildman–Crippen LogP) is 0.957. The van der Waals surface area contributed by atoms with Gasteiger partial charge in [0.15, 0.2) is 0 Å². The van der Waals surface area contributed by atoms with E-state index in [0.717, 1.165) is 12.0 Å². The Hall–Kier alpha value is -1.07. The molecule has 5 heteroatoms. The molecule has 0 aromatic heterocycles. The zero-order chi connectivity index (χ0) is 12.9. The molecule has 1 aromatic rings. The summed E-state index contributed by atoms with van der Waals surface area (Å²) in [5, 5.41) is 12.3. The zero-order valence-electron chi connectivity index (χ0n) is 10.2. The molecule has 96 valence electrons. The minimum absolute atomic E-state index is 0.160. The van der Waals surface area contributed by atoms with Crippen LogP contribution >= 0.6 is 0 Å². The lowest BCUT2D eigenvalue weighted by Gasteiger charge is -2.13. The van der Waals surface area contributed by atoms with Gasteiger partial charge in [-0.05, 0) is 31.0 Å². The third-order valence-electron chi connectivity index (χ3n) is 2.44. The summed E-state index contributed by atoms with van der Waals surface area (Å²) in [5.74, 6) is 0.416. The van der Waals surface area contributed by atoms with Gasteiger partial charge in [-0.2, -0.15) is 0 Å². The number of aromatic hydroxyl groups is 1. The van der Waals surface area contributed by atoms with Crippen molar-refractivity contribution in [2.45, 2.75) is 19.4 Å². The van der Waals surface area contributed by atoms with Crippen molar-refractivity contribution in [3.05, 3.63) is 29.8 Å². The Bertz CT molecular complexity index is 439. The van der Waals surface area contributed by atoms with Crippen molar-refractivity contribution < 1.29 is 13.5 Å². The van der Waals surface area contributed by atoms with Gasteiger partial charge in [0.1, 0.15) is 15.6 Å². The van der Waals surface area contributed by atoms with E-state index in [1.807, 2.05) is 19.1 Å². The summed E-state index contributed by atoms with van der Waals surface area (Å²) < 4.78 is 21.9. The molecular formula is C12H19NO3S. The third-order valence-corrected chi connectivity index (χ3v) is 3.39. The summed E-state index contributed by atoms with van der Waals surface area (Å²) in [5.41, 5.74) is 1.11. The monoisotopic (exact) mass is 257 g/mol. The molecule has 0 aliphatic heterocycles. The van der Waals surface area contributed by atoms with E-state index in [4.69, 9.17) is 5.11 Å². The average molecular weight is 257 g/mol. The second kappa shape index (κ2) is 6.02. The van der Waals surface area contributed by atoms with Gasteiger partial charge in [-0.15, -0.1) is 0 Å². The van der Waals surface area contributed by atoms with E-state index >= 15 is 0 Å². The van der Waals surface area contributed by atoms with Crippen LogP contribution in [0.15, 0.2) is 24.3 Å². The molecule has 1 aromatic carbocycles. The van der Waals surface area contributed by atoms with Crippen molar-refractivity contribution in [3.63, 3.8) is 0 Å². The van der Waals surface area contributed by atoms with E-state index in [1.165, 1.54) is 6.26 Å². The number of phenolic OH excluding ortho intramolecular Hbond substituents is 1. The Morgan fingerprint density at radius 3 is 2.41 bits per heavy atom. The van der Waals surface area contributed by atoms with Crippen molar-refractivity contribution in [1.82, 2.24) is 5.32 Å². The summed E-state index contributed by atoms with van der Waals surface area (Å²) in [6, 6.07) is 7.24. The van der Waals surface area contributed by atoms with E-state index in [1.54, 1.807) is 12.1 Å². The predicted molar refractivity (Wildman–Crippen MR) is 69.0 cm³/mol. The Morgan fingerprint density at radius 2 is 1.88 bits per heavy atom. The highest BCUT2D eigenvalue weighted by Crippen LogP contribution is 2.11. The molecule has 4 nitrogen and oxygen atoms in total. The van der Waals surface area contributed by atoms with Crippen molar-refractivity contribution >= 4 is 9.84 Å². The van der Waals surface area contributed by atoms with Crippen LogP contribution in [0.2, 0.25) is 0 Å². The van der Waals surface area contributed by atoms with Gasteiger partial charge < -0.3 is 10.4 Å². The molecule has 0 saturated carbocycles. The maximum atomic E-state index is 10.9. The summed E-state index contributed by atoms with van der Waals surface area (Å²) in [6.07, 6.45) is 2.05. The topological polar surface area (TPSA) is 66.4 Å². The van der Waals surface area contributed by atoms with Gasteiger partial charge in [0, 0.05) is 18.8 Å². The van der Waals surface area contributed by atoms with Gasteiger partial charge in [0.05, 0.1) is 5.75 Å². The van der Waals surface area contributed by atoms with Gasteiger partial charge in [-0.3, -0.25) is 0 Å². The standard InChI is InChI=1S/C12H19NO3S/c1-10(13-7-8-17(2,15)16)9-11-3-5-12(14)6-4-11/h3-6,10,13-14H,7-9H2,1-2H3. The average Bonchev–Trinajstić information content (AvgIpc) is 2.19. The first kappa shape index (κ1) is 14.0. The highest BCUT2D eigenvalue weighted by Gasteiger charge is 2.05. The van der Waals surface area contributed by atoms with Crippen LogP contribution in [0, 0.1) is 0 Å². The Balaban J connectivity index is 2.34.